The molecule has 0 spiro atoms. The summed E-state index contributed by atoms with van der Waals surface area (Å²) >= 11 is 0. The standard InChI is InChI=1S/C16H24N2O3S/c1-12(2)13-7-8-15-14(10-13)6-5-9-18(15)16(19)11-17(3)22(4,20)21/h7-8,10,12H,5-6,9,11H2,1-4H3. The molecule has 122 valence electrons. The summed E-state index contributed by atoms with van der Waals surface area (Å²) in [7, 11) is -1.92. The minimum absolute atomic E-state index is 0.121. The van der Waals surface area contributed by atoms with E-state index in [1.54, 1.807) is 4.90 Å². The van der Waals surface area contributed by atoms with Gasteiger partial charge in [0.2, 0.25) is 15.9 Å². The highest BCUT2D eigenvalue weighted by Gasteiger charge is 2.25. The Morgan fingerprint density at radius 1 is 1.36 bits per heavy atom. The highest BCUT2D eigenvalue weighted by Crippen LogP contribution is 2.30. The van der Waals surface area contributed by atoms with Crippen LogP contribution in [0.5, 0.6) is 0 Å². The summed E-state index contributed by atoms with van der Waals surface area (Å²) < 4.78 is 24.0. The van der Waals surface area contributed by atoms with Gasteiger partial charge >= 0.3 is 0 Å². The van der Waals surface area contributed by atoms with Crippen LogP contribution >= 0.6 is 0 Å². The van der Waals surface area contributed by atoms with E-state index >= 15 is 0 Å². The average molecular weight is 324 g/mol. The molecular formula is C16H24N2O3S. The lowest BCUT2D eigenvalue weighted by molar-refractivity contribution is -0.118. The summed E-state index contributed by atoms with van der Waals surface area (Å²) in [4.78, 5) is 14.2. The molecule has 22 heavy (non-hydrogen) atoms. The first-order chi connectivity index (χ1) is 10.2. The molecule has 0 N–H and O–H groups in total. The lowest BCUT2D eigenvalue weighted by Crippen LogP contribution is -2.43. The lowest BCUT2D eigenvalue weighted by Gasteiger charge is -2.31. The SMILES string of the molecule is CC(C)c1ccc2c(c1)CCCN2C(=O)CN(C)S(C)(=O)=O. The Bertz CT molecular complexity index is 668. The summed E-state index contributed by atoms with van der Waals surface area (Å²) in [6.45, 7) is 4.82. The Labute approximate surface area is 133 Å². The zero-order valence-electron chi connectivity index (χ0n) is 13.7. The highest BCUT2D eigenvalue weighted by molar-refractivity contribution is 7.88. The molecule has 0 bridgehead atoms. The van der Waals surface area contributed by atoms with Gasteiger partial charge in [0.25, 0.3) is 0 Å². The fourth-order valence-corrected chi connectivity index (χ4v) is 2.97. The molecule has 1 amide bonds. The maximum absolute atomic E-state index is 12.5. The number of carbonyl (C=O) groups excluding carboxylic acids is 1. The van der Waals surface area contributed by atoms with Gasteiger partial charge in [-0.05, 0) is 36.0 Å². The minimum Gasteiger partial charge on any atom is -0.311 e. The van der Waals surface area contributed by atoms with Gasteiger partial charge in [-0.3, -0.25) is 4.79 Å². The van der Waals surface area contributed by atoms with Crippen LogP contribution in [0.15, 0.2) is 18.2 Å². The van der Waals surface area contributed by atoms with Crippen LogP contribution in [0.3, 0.4) is 0 Å². The molecular weight excluding hydrogens is 300 g/mol. The highest BCUT2D eigenvalue weighted by atomic mass is 32.2. The molecule has 5 nitrogen and oxygen atoms in total. The van der Waals surface area contributed by atoms with E-state index in [-0.39, 0.29) is 12.5 Å². The number of amides is 1. The molecule has 1 aliphatic heterocycles. The zero-order valence-corrected chi connectivity index (χ0v) is 14.5. The van der Waals surface area contributed by atoms with Crippen LogP contribution in [0.25, 0.3) is 0 Å². The molecule has 0 saturated heterocycles. The lowest BCUT2D eigenvalue weighted by atomic mass is 9.95. The molecule has 2 rings (SSSR count). The summed E-state index contributed by atoms with van der Waals surface area (Å²) in [6, 6.07) is 6.21. The minimum atomic E-state index is -3.35. The quantitative estimate of drug-likeness (QED) is 0.851. The maximum atomic E-state index is 12.5. The van der Waals surface area contributed by atoms with Crippen LogP contribution in [0.2, 0.25) is 0 Å². The van der Waals surface area contributed by atoms with E-state index in [0.29, 0.717) is 12.5 Å². The van der Waals surface area contributed by atoms with Crippen LogP contribution < -0.4 is 4.90 Å². The van der Waals surface area contributed by atoms with E-state index in [0.717, 1.165) is 29.1 Å². The average Bonchev–Trinajstić information content (AvgIpc) is 2.44. The molecule has 1 aromatic rings. The fraction of sp³-hybridized carbons (Fsp3) is 0.562. The summed E-state index contributed by atoms with van der Waals surface area (Å²) in [5, 5.41) is 0. The first kappa shape index (κ1) is 17.0. The first-order valence-corrected chi connectivity index (χ1v) is 9.39. The molecule has 0 radical (unpaired) electrons. The molecule has 1 heterocycles. The van der Waals surface area contributed by atoms with E-state index < -0.39 is 10.0 Å². The maximum Gasteiger partial charge on any atom is 0.242 e. The van der Waals surface area contributed by atoms with Crippen molar-refractivity contribution in [2.45, 2.75) is 32.6 Å². The van der Waals surface area contributed by atoms with Crippen molar-refractivity contribution in [3.8, 4) is 0 Å². The number of fused-ring (bicyclic) bond motifs is 1. The van der Waals surface area contributed by atoms with E-state index in [4.69, 9.17) is 0 Å². The monoisotopic (exact) mass is 324 g/mol. The largest absolute Gasteiger partial charge is 0.311 e. The smallest absolute Gasteiger partial charge is 0.242 e. The van der Waals surface area contributed by atoms with Crippen molar-refractivity contribution in [2.24, 2.45) is 0 Å². The van der Waals surface area contributed by atoms with Crippen LogP contribution in [-0.4, -0.2) is 45.0 Å². The molecule has 6 heteroatoms. The van der Waals surface area contributed by atoms with Crippen LogP contribution in [-0.2, 0) is 21.2 Å². The Morgan fingerprint density at radius 3 is 2.64 bits per heavy atom. The first-order valence-electron chi connectivity index (χ1n) is 7.54. The second-order valence-electron chi connectivity index (χ2n) is 6.21. The predicted octanol–water partition coefficient (Wildman–Crippen LogP) is 1.98. The number of hydrogen-bond donors (Lipinski definition) is 0. The number of hydrogen-bond acceptors (Lipinski definition) is 3. The number of rotatable bonds is 4. The van der Waals surface area contributed by atoms with Gasteiger partial charge < -0.3 is 4.90 Å². The topological polar surface area (TPSA) is 57.7 Å². The van der Waals surface area contributed by atoms with Gasteiger partial charge in [-0.1, -0.05) is 26.0 Å². The Balaban J connectivity index is 2.23. The van der Waals surface area contributed by atoms with Gasteiger partial charge in [-0.15, -0.1) is 0 Å². The van der Waals surface area contributed by atoms with Crippen molar-refractivity contribution in [1.82, 2.24) is 4.31 Å². The van der Waals surface area contributed by atoms with E-state index in [2.05, 4.69) is 26.0 Å². The zero-order chi connectivity index (χ0) is 16.5. The van der Waals surface area contributed by atoms with Gasteiger partial charge in [0.1, 0.15) is 0 Å². The second kappa shape index (κ2) is 6.38. The Hall–Kier alpha value is -1.40. The van der Waals surface area contributed by atoms with Gasteiger partial charge in [0, 0.05) is 19.3 Å². The van der Waals surface area contributed by atoms with Crippen molar-refractivity contribution >= 4 is 21.6 Å². The number of aryl methyl sites for hydroxylation is 1. The van der Waals surface area contributed by atoms with Crippen molar-refractivity contribution in [3.05, 3.63) is 29.3 Å². The van der Waals surface area contributed by atoms with E-state index in [1.165, 1.54) is 18.2 Å². The number of sulfonamides is 1. The number of benzene rings is 1. The molecule has 0 atom stereocenters. The van der Waals surface area contributed by atoms with Crippen LogP contribution in [0.4, 0.5) is 5.69 Å². The van der Waals surface area contributed by atoms with Crippen LogP contribution in [0.1, 0.15) is 37.3 Å². The molecule has 1 aromatic carbocycles. The van der Waals surface area contributed by atoms with Gasteiger partial charge in [-0.2, -0.15) is 4.31 Å². The van der Waals surface area contributed by atoms with Gasteiger partial charge in [0.05, 0.1) is 12.8 Å². The second-order valence-corrected chi connectivity index (χ2v) is 8.30. The third kappa shape index (κ3) is 3.67. The molecule has 0 aromatic heterocycles. The van der Waals surface area contributed by atoms with Gasteiger partial charge in [-0.25, -0.2) is 8.42 Å². The van der Waals surface area contributed by atoms with Crippen molar-refractivity contribution in [3.63, 3.8) is 0 Å². The van der Waals surface area contributed by atoms with E-state index in [1.807, 2.05) is 6.07 Å². The van der Waals surface area contributed by atoms with E-state index in [9.17, 15) is 13.2 Å². The number of carbonyl (C=O) groups is 1. The normalized spacial score (nSPS) is 15.3. The summed E-state index contributed by atoms with van der Waals surface area (Å²) in [5.74, 6) is 0.277. The molecule has 0 aliphatic carbocycles. The third-order valence-electron chi connectivity index (χ3n) is 4.11. The van der Waals surface area contributed by atoms with Crippen LogP contribution in [0, 0.1) is 0 Å². The summed E-state index contributed by atoms with van der Waals surface area (Å²) in [5.41, 5.74) is 3.36. The number of nitrogens with zero attached hydrogens (tertiary/aromatic N) is 2. The van der Waals surface area contributed by atoms with Crippen molar-refractivity contribution in [1.29, 1.82) is 0 Å². The molecule has 0 unspecified atom stereocenters. The third-order valence-corrected chi connectivity index (χ3v) is 5.38. The Kier molecular flexibility index (Phi) is 4.92. The Morgan fingerprint density at radius 2 is 2.05 bits per heavy atom. The molecule has 0 fully saturated rings. The van der Waals surface area contributed by atoms with Crippen molar-refractivity contribution in [2.75, 3.05) is 31.3 Å². The summed E-state index contributed by atoms with van der Waals surface area (Å²) in [6.07, 6.45) is 2.98. The molecule has 0 saturated carbocycles. The van der Waals surface area contributed by atoms with Gasteiger partial charge in [0.15, 0.2) is 0 Å². The van der Waals surface area contributed by atoms with Crippen molar-refractivity contribution < 1.29 is 13.2 Å². The fourth-order valence-electron chi connectivity index (χ4n) is 2.63. The number of likely N-dealkylation sites (N-methyl/N-ethyl adjacent to an activating group) is 1. The molecule has 1 aliphatic rings. The number of anilines is 1. The predicted molar refractivity (Wildman–Crippen MR) is 88.7 cm³/mol.